The molecule has 2 fully saturated rings. The summed E-state index contributed by atoms with van der Waals surface area (Å²) < 4.78 is 0. The van der Waals surface area contributed by atoms with Crippen molar-refractivity contribution in [3.05, 3.63) is 12.2 Å². The summed E-state index contributed by atoms with van der Waals surface area (Å²) in [7, 11) is 1.61. The van der Waals surface area contributed by atoms with Gasteiger partial charge in [0.2, 0.25) is 17.7 Å². The fourth-order valence-electron chi connectivity index (χ4n) is 4.50. The summed E-state index contributed by atoms with van der Waals surface area (Å²) in [6.07, 6.45) is 5.14. The van der Waals surface area contributed by atoms with Gasteiger partial charge in [0.15, 0.2) is 5.96 Å². The van der Waals surface area contributed by atoms with E-state index < -0.39 is 5.41 Å². The standard InChI is InChI=1S/C20H31N5O3.HI/c1-5-22-19(24-11-20(2,3)18(28)21-4)23-8-9-25-16(26)14-12-6-7-13(10-12)15(14)17(25)27;/h6-7,12-15H,5,8-11H2,1-4H3,(H,21,28)(H2,22,23,24);1H. The highest BCUT2D eigenvalue weighted by atomic mass is 127. The number of hydrogen-bond donors (Lipinski definition) is 3. The van der Waals surface area contributed by atoms with Crippen molar-refractivity contribution in [3.8, 4) is 0 Å². The van der Waals surface area contributed by atoms with Crippen LogP contribution in [0.1, 0.15) is 27.2 Å². The number of rotatable bonds is 7. The van der Waals surface area contributed by atoms with E-state index in [0.717, 1.165) is 6.42 Å². The molecule has 29 heavy (non-hydrogen) atoms. The quantitative estimate of drug-likeness (QED) is 0.152. The van der Waals surface area contributed by atoms with Gasteiger partial charge in [-0.15, -0.1) is 24.0 Å². The predicted octanol–water partition coefficient (Wildman–Crippen LogP) is 0.739. The summed E-state index contributed by atoms with van der Waals surface area (Å²) in [5, 5.41) is 8.95. The zero-order valence-electron chi connectivity index (χ0n) is 17.5. The average molecular weight is 517 g/mol. The molecule has 8 nitrogen and oxygen atoms in total. The van der Waals surface area contributed by atoms with E-state index in [1.165, 1.54) is 4.90 Å². The van der Waals surface area contributed by atoms with E-state index in [9.17, 15) is 14.4 Å². The molecule has 3 amide bonds. The minimum Gasteiger partial charge on any atom is -0.359 e. The van der Waals surface area contributed by atoms with Gasteiger partial charge in [0.25, 0.3) is 0 Å². The molecule has 1 aliphatic heterocycles. The molecule has 4 unspecified atom stereocenters. The van der Waals surface area contributed by atoms with Gasteiger partial charge in [-0.05, 0) is 39.0 Å². The first kappa shape index (κ1) is 23.6. The highest BCUT2D eigenvalue weighted by molar-refractivity contribution is 14.0. The Labute approximate surface area is 189 Å². The highest BCUT2D eigenvalue weighted by Crippen LogP contribution is 2.52. The lowest BCUT2D eigenvalue weighted by Crippen LogP contribution is -2.44. The summed E-state index contributed by atoms with van der Waals surface area (Å²) >= 11 is 0. The number of guanidine groups is 1. The number of halogens is 1. The number of nitrogens with one attached hydrogen (secondary N) is 3. The molecule has 0 aromatic carbocycles. The van der Waals surface area contributed by atoms with Crippen LogP contribution >= 0.6 is 24.0 Å². The first-order valence-electron chi connectivity index (χ1n) is 10.1. The third-order valence-electron chi connectivity index (χ3n) is 6.01. The van der Waals surface area contributed by atoms with Crippen LogP contribution in [0.3, 0.4) is 0 Å². The van der Waals surface area contributed by atoms with E-state index in [1.54, 1.807) is 7.05 Å². The monoisotopic (exact) mass is 517 g/mol. The Morgan fingerprint density at radius 3 is 2.28 bits per heavy atom. The van der Waals surface area contributed by atoms with E-state index in [-0.39, 0.29) is 65.4 Å². The molecule has 4 atom stereocenters. The molecule has 3 rings (SSSR count). The maximum Gasteiger partial charge on any atom is 0.233 e. The van der Waals surface area contributed by atoms with Crippen molar-refractivity contribution in [2.24, 2.45) is 34.1 Å². The number of aliphatic imine (C=N–C) groups is 1. The lowest BCUT2D eigenvalue weighted by molar-refractivity contribution is -0.140. The Morgan fingerprint density at radius 2 is 1.76 bits per heavy atom. The first-order chi connectivity index (χ1) is 13.3. The largest absolute Gasteiger partial charge is 0.359 e. The van der Waals surface area contributed by atoms with Gasteiger partial charge < -0.3 is 16.0 Å². The molecule has 9 heteroatoms. The van der Waals surface area contributed by atoms with Crippen LogP contribution in [0.5, 0.6) is 0 Å². The lowest BCUT2D eigenvalue weighted by Gasteiger charge is -2.22. The van der Waals surface area contributed by atoms with Crippen LogP contribution in [0, 0.1) is 29.1 Å². The van der Waals surface area contributed by atoms with E-state index in [2.05, 4.69) is 33.1 Å². The average Bonchev–Trinajstić information content (AvgIpc) is 3.34. The zero-order chi connectivity index (χ0) is 20.5. The van der Waals surface area contributed by atoms with Crippen molar-refractivity contribution in [2.45, 2.75) is 27.2 Å². The van der Waals surface area contributed by atoms with Gasteiger partial charge in [-0.3, -0.25) is 24.3 Å². The normalized spacial score (nSPS) is 27.7. The molecule has 2 bridgehead atoms. The molecular formula is C20H32IN5O3. The second kappa shape index (κ2) is 9.44. The van der Waals surface area contributed by atoms with Crippen molar-refractivity contribution in [2.75, 3.05) is 33.2 Å². The second-order valence-electron chi connectivity index (χ2n) is 8.41. The zero-order valence-corrected chi connectivity index (χ0v) is 19.9. The molecule has 3 aliphatic rings. The van der Waals surface area contributed by atoms with Crippen LogP contribution in [0.2, 0.25) is 0 Å². The SMILES string of the molecule is CCNC(=NCC(C)(C)C(=O)NC)NCCN1C(=O)C2C3C=CC(C3)C2C1=O.I. The minimum absolute atomic E-state index is 0. The third kappa shape index (κ3) is 4.59. The minimum atomic E-state index is -0.623. The predicted molar refractivity (Wildman–Crippen MR) is 122 cm³/mol. The van der Waals surface area contributed by atoms with Crippen molar-refractivity contribution in [1.82, 2.24) is 20.9 Å². The first-order valence-corrected chi connectivity index (χ1v) is 10.1. The Bertz CT molecular complexity index is 691. The number of likely N-dealkylation sites (tertiary alicyclic amines) is 1. The number of carbonyl (C=O) groups excluding carboxylic acids is 3. The van der Waals surface area contributed by atoms with Crippen molar-refractivity contribution in [1.29, 1.82) is 0 Å². The lowest BCUT2D eigenvalue weighted by atomic mass is 9.85. The van der Waals surface area contributed by atoms with Crippen LogP contribution in [0.25, 0.3) is 0 Å². The molecular weight excluding hydrogens is 485 g/mol. The van der Waals surface area contributed by atoms with E-state index in [1.807, 2.05) is 20.8 Å². The molecule has 3 N–H and O–H groups in total. The maximum atomic E-state index is 12.7. The smallest absolute Gasteiger partial charge is 0.233 e. The van der Waals surface area contributed by atoms with Gasteiger partial charge in [-0.25, -0.2) is 0 Å². The number of allylic oxidation sites excluding steroid dienone is 2. The molecule has 0 aromatic rings. The Kier molecular flexibility index (Phi) is 7.69. The number of hydrogen-bond acceptors (Lipinski definition) is 4. The van der Waals surface area contributed by atoms with Gasteiger partial charge in [-0.2, -0.15) is 0 Å². The van der Waals surface area contributed by atoms with Crippen molar-refractivity contribution < 1.29 is 14.4 Å². The van der Waals surface area contributed by atoms with Crippen LogP contribution in [0.4, 0.5) is 0 Å². The van der Waals surface area contributed by atoms with E-state index >= 15 is 0 Å². The third-order valence-corrected chi connectivity index (χ3v) is 6.01. The number of nitrogens with zero attached hydrogens (tertiary/aromatic N) is 2. The summed E-state index contributed by atoms with van der Waals surface area (Å²) in [4.78, 5) is 43.2. The van der Waals surface area contributed by atoms with E-state index in [0.29, 0.717) is 32.1 Å². The Balaban J connectivity index is 0.00000300. The summed E-state index contributed by atoms with van der Waals surface area (Å²) in [6, 6.07) is 0. The molecule has 0 radical (unpaired) electrons. The van der Waals surface area contributed by atoms with Gasteiger partial charge >= 0.3 is 0 Å². The van der Waals surface area contributed by atoms with Gasteiger partial charge in [0, 0.05) is 26.7 Å². The fraction of sp³-hybridized carbons (Fsp3) is 0.700. The second-order valence-corrected chi connectivity index (χ2v) is 8.41. The highest BCUT2D eigenvalue weighted by Gasteiger charge is 2.58. The molecule has 1 saturated heterocycles. The fourth-order valence-corrected chi connectivity index (χ4v) is 4.50. The van der Waals surface area contributed by atoms with Gasteiger partial charge in [0.1, 0.15) is 0 Å². The summed E-state index contributed by atoms with van der Waals surface area (Å²) in [5.74, 6) is 0.587. The van der Waals surface area contributed by atoms with Crippen molar-refractivity contribution >= 4 is 47.7 Å². The Morgan fingerprint density at radius 1 is 1.17 bits per heavy atom. The van der Waals surface area contributed by atoms with Crippen LogP contribution in [0.15, 0.2) is 17.1 Å². The van der Waals surface area contributed by atoms with Crippen LogP contribution < -0.4 is 16.0 Å². The number of amides is 3. The van der Waals surface area contributed by atoms with Crippen LogP contribution in [-0.2, 0) is 14.4 Å². The topological polar surface area (TPSA) is 103 Å². The number of fused-ring (bicyclic) bond motifs is 5. The Hall–Kier alpha value is -1.65. The van der Waals surface area contributed by atoms with Crippen molar-refractivity contribution in [3.63, 3.8) is 0 Å². The summed E-state index contributed by atoms with van der Waals surface area (Å²) in [6.45, 7) is 7.37. The molecule has 0 aromatic heterocycles. The van der Waals surface area contributed by atoms with Gasteiger partial charge in [0.05, 0.1) is 23.8 Å². The molecule has 0 spiro atoms. The maximum absolute atomic E-state index is 12.7. The number of carbonyl (C=O) groups is 3. The summed E-state index contributed by atoms with van der Waals surface area (Å²) in [5.41, 5.74) is -0.623. The molecule has 162 valence electrons. The molecule has 1 heterocycles. The molecule has 2 aliphatic carbocycles. The number of imide groups is 1. The van der Waals surface area contributed by atoms with E-state index in [4.69, 9.17) is 0 Å². The molecule has 1 saturated carbocycles. The van der Waals surface area contributed by atoms with Gasteiger partial charge in [-0.1, -0.05) is 12.2 Å². The van der Waals surface area contributed by atoms with Crippen LogP contribution in [-0.4, -0.2) is 61.8 Å².